The van der Waals surface area contributed by atoms with Gasteiger partial charge in [0.2, 0.25) is 0 Å². The lowest BCUT2D eigenvalue weighted by Gasteiger charge is -2.27. The zero-order chi connectivity index (χ0) is 25.9. The van der Waals surface area contributed by atoms with E-state index in [4.69, 9.17) is 9.47 Å². The van der Waals surface area contributed by atoms with Crippen LogP contribution >= 0.6 is 38.6 Å². The molecule has 2 aliphatic heterocycles. The third-order valence-corrected chi connectivity index (χ3v) is 7.22. The summed E-state index contributed by atoms with van der Waals surface area (Å²) in [7, 11) is 0. The Morgan fingerprint density at radius 2 is 1.29 bits per heavy atom. The quantitative estimate of drug-likeness (QED) is 0.418. The van der Waals surface area contributed by atoms with E-state index in [1.807, 2.05) is 0 Å². The van der Waals surface area contributed by atoms with Crippen molar-refractivity contribution in [3.8, 4) is 0 Å². The molecule has 0 N–H and O–H groups in total. The normalized spacial score (nSPS) is 16.4. The van der Waals surface area contributed by atoms with Gasteiger partial charge in [0.15, 0.2) is 0 Å². The number of nitrogens with zero attached hydrogens (tertiary/aromatic N) is 2. The van der Waals surface area contributed by atoms with Crippen molar-refractivity contribution in [2.24, 2.45) is 0 Å². The fraction of sp³-hybridized carbons (Fsp3) is 0.333. The summed E-state index contributed by atoms with van der Waals surface area (Å²) < 4.78 is 11.7. The lowest BCUT2D eigenvalue weighted by Crippen LogP contribution is -2.40. The molecule has 0 bridgehead atoms. The summed E-state index contributed by atoms with van der Waals surface area (Å²) in [6, 6.07) is 6.89. The van der Waals surface area contributed by atoms with Crippen molar-refractivity contribution in [1.29, 1.82) is 0 Å². The van der Waals surface area contributed by atoms with E-state index in [0.717, 1.165) is 13.6 Å². The molecule has 0 aromatic carbocycles. The summed E-state index contributed by atoms with van der Waals surface area (Å²) in [6.07, 6.45) is -1.80. The summed E-state index contributed by atoms with van der Waals surface area (Å²) in [6.45, 7) is 10.1. The fourth-order valence-electron chi connectivity index (χ4n) is 3.59. The number of rotatable bonds is 2. The second kappa shape index (κ2) is 8.72. The molecule has 0 aliphatic carbocycles. The van der Waals surface area contributed by atoms with Gasteiger partial charge in [-0.05, 0) is 81.1 Å². The second-order valence-electron chi connectivity index (χ2n) is 9.77. The molecule has 0 fully saturated rings. The van der Waals surface area contributed by atoms with E-state index in [9.17, 15) is 19.2 Å². The number of ether oxygens (including phenoxy) is 2. The summed E-state index contributed by atoms with van der Waals surface area (Å²) in [5.74, 6) is -1.48. The molecule has 0 atom stereocenters. The van der Waals surface area contributed by atoms with Crippen molar-refractivity contribution in [2.75, 3.05) is 0 Å². The van der Waals surface area contributed by atoms with Crippen LogP contribution in [0.25, 0.3) is 11.4 Å². The Morgan fingerprint density at radius 3 is 1.66 bits per heavy atom. The molecule has 0 unspecified atom stereocenters. The number of amides is 4. The standard InChI is InChI=1S/C24H23BrN2O6S2/c1-23(2,3)32-21(30)26-17(12-8-7-11-34-12)15-16(20(26)29)18(13-9-10-14(25)35-13)27(19(15)28)22(31)33-24(4,5)6/h7-11H,1-6H3. The third-order valence-electron chi connectivity index (χ3n) is 4.72. The van der Waals surface area contributed by atoms with Crippen LogP contribution in [0.3, 0.4) is 0 Å². The smallest absolute Gasteiger partial charge is 0.422 e. The Balaban J connectivity index is 1.97. The highest BCUT2D eigenvalue weighted by molar-refractivity contribution is 9.11. The first-order valence-corrected chi connectivity index (χ1v) is 13.1. The molecule has 0 saturated carbocycles. The van der Waals surface area contributed by atoms with Gasteiger partial charge in [-0.1, -0.05) is 6.07 Å². The number of thiophene rings is 2. The van der Waals surface area contributed by atoms with Crippen molar-refractivity contribution in [1.82, 2.24) is 9.80 Å². The molecule has 184 valence electrons. The van der Waals surface area contributed by atoms with Gasteiger partial charge < -0.3 is 9.47 Å². The molecule has 35 heavy (non-hydrogen) atoms. The average molecular weight is 579 g/mol. The first kappa shape index (κ1) is 25.3. The van der Waals surface area contributed by atoms with Crippen LogP contribution in [-0.2, 0) is 19.1 Å². The van der Waals surface area contributed by atoms with Gasteiger partial charge in [-0.3, -0.25) is 9.59 Å². The largest absolute Gasteiger partial charge is 0.443 e. The Hall–Kier alpha value is -2.76. The lowest BCUT2D eigenvalue weighted by molar-refractivity contribution is -0.123. The Morgan fingerprint density at radius 1 is 0.800 bits per heavy atom. The predicted octanol–water partition coefficient (Wildman–Crippen LogP) is 6.25. The molecular weight excluding hydrogens is 556 g/mol. The topological polar surface area (TPSA) is 93.2 Å². The molecule has 11 heteroatoms. The van der Waals surface area contributed by atoms with E-state index in [1.54, 1.807) is 71.2 Å². The van der Waals surface area contributed by atoms with Crippen LogP contribution < -0.4 is 0 Å². The molecule has 4 amide bonds. The highest BCUT2D eigenvalue weighted by Crippen LogP contribution is 2.49. The van der Waals surface area contributed by atoms with E-state index in [-0.39, 0.29) is 22.5 Å². The monoisotopic (exact) mass is 578 g/mol. The van der Waals surface area contributed by atoms with Crippen molar-refractivity contribution in [3.05, 3.63) is 54.3 Å². The number of halogens is 1. The fourth-order valence-corrected chi connectivity index (χ4v) is 5.78. The van der Waals surface area contributed by atoms with Crippen molar-refractivity contribution in [3.63, 3.8) is 0 Å². The Kier molecular flexibility index (Phi) is 6.31. The van der Waals surface area contributed by atoms with Crippen LogP contribution in [0.5, 0.6) is 0 Å². The molecule has 0 radical (unpaired) electrons. The van der Waals surface area contributed by atoms with Gasteiger partial charge in [-0.15, -0.1) is 22.7 Å². The van der Waals surface area contributed by atoms with Crippen LogP contribution in [0.4, 0.5) is 9.59 Å². The molecule has 4 heterocycles. The van der Waals surface area contributed by atoms with Gasteiger partial charge in [0, 0.05) is 0 Å². The number of hydrogen-bond acceptors (Lipinski definition) is 8. The Labute approximate surface area is 218 Å². The maximum Gasteiger partial charge on any atom is 0.422 e. The van der Waals surface area contributed by atoms with E-state index >= 15 is 0 Å². The van der Waals surface area contributed by atoms with Crippen LogP contribution in [-0.4, -0.2) is 45.0 Å². The molecular formula is C24H23BrN2O6S2. The summed E-state index contributed by atoms with van der Waals surface area (Å²) >= 11 is 5.90. The number of carbonyl (C=O) groups is 4. The first-order chi connectivity index (χ1) is 16.2. The lowest BCUT2D eigenvalue weighted by atomic mass is 10.1. The molecule has 0 spiro atoms. The predicted molar refractivity (Wildman–Crippen MR) is 136 cm³/mol. The molecule has 2 aliphatic rings. The van der Waals surface area contributed by atoms with E-state index < -0.39 is 35.2 Å². The van der Waals surface area contributed by atoms with Crippen molar-refractivity contribution in [2.45, 2.75) is 52.7 Å². The minimum atomic E-state index is -0.904. The van der Waals surface area contributed by atoms with Gasteiger partial charge in [-0.2, -0.15) is 0 Å². The Bertz CT molecular complexity index is 1310. The van der Waals surface area contributed by atoms with Gasteiger partial charge in [0.25, 0.3) is 11.8 Å². The van der Waals surface area contributed by atoms with Crippen LogP contribution in [0.15, 0.2) is 44.6 Å². The van der Waals surface area contributed by atoms with Gasteiger partial charge in [0.05, 0.1) is 36.1 Å². The minimum Gasteiger partial charge on any atom is -0.443 e. The summed E-state index contributed by atoms with van der Waals surface area (Å²) in [5, 5.41) is 1.77. The highest BCUT2D eigenvalue weighted by atomic mass is 79.9. The minimum absolute atomic E-state index is 0.0336. The first-order valence-electron chi connectivity index (χ1n) is 10.6. The van der Waals surface area contributed by atoms with E-state index in [2.05, 4.69) is 15.9 Å². The number of imide groups is 2. The van der Waals surface area contributed by atoms with Crippen LogP contribution in [0.1, 0.15) is 51.3 Å². The molecule has 0 saturated heterocycles. The molecule has 2 aromatic rings. The van der Waals surface area contributed by atoms with Gasteiger partial charge in [-0.25, -0.2) is 19.4 Å². The maximum atomic E-state index is 13.8. The highest BCUT2D eigenvalue weighted by Gasteiger charge is 2.54. The summed E-state index contributed by atoms with van der Waals surface area (Å²) in [4.78, 5) is 56.7. The third kappa shape index (κ3) is 4.72. The molecule has 8 nitrogen and oxygen atoms in total. The molecule has 2 aromatic heterocycles. The van der Waals surface area contributed by atoms with Crippen molar-refractivity contribution < 1.29 is 28.7 Å². The van der Waals surface area contributed by atoms with Crippen LogP contribution in [0.2, 0.25) is 0 Å². The van der Waals surface area contributed by atoms with Crippen LogP contribution in [0, 0.1) is 0 Å². The number of carbonyl (C=O) groups excluding carboxylic acids is 4. The molecule has 4 rings (SSSR count). The van der Waals surface area contributed by atoms with E-state index in [0.29, 0.717) is 9.75 Å². The maximum absolute atomic E-state index is 13.8. The summed E-state index contributed by atoms with van der Waals surface area (Å²) in [5.41, 5.74) is -1.64. The zero-order valence-electron chi connectivity index (χ0n) is 19.9. The van der Waals surface area contributed by atoms with Crippen molar-refractivity contribution >= 4 is 74.0 Å². The number of hydrogen-bond donors (Lipinski definition) is 0. The zero-order valence-corrected chi connectivity index (χ0v) is 23.1. The SMILES string of the molecule is CC(C)(C)OC(=O)N1C(=O)C2=C(c3ccc(Br)s3)N(C(=O)OC(C)(C)C)C(=O)C2=C1c1cccs1. The van der Waals surface area contributed by atoms with Gasteiger partial charge >= 0.3 is 12.2 Å². The number of fused-ring (bicyclic) bond motifs is 1. The average Bonchev–Trinajstić information content (AvgIpc) is 3.45. The second-order valence-corrected chi connectivity index (χ2v) is 13.2. The van der Waals surface area contributed by atoms with Gasteiger partial charge in [0.1, 0.15) is 11.2 Å². The van der Waals surface area contributed by atoms with E-state index in [1.165, 1.54) is 22.7 Å².